The quantitative estimate of drug-likeness (QED) is 0.695. The summed E-state index contributed by atoms with van der Waals surface area (Å²) in [5.74, 6) is 0.744. The van der Waals surface area contributed by atoms with Gasteiger partial charge in [-0.25, -0.2) is 4.39 Å². The lowest BCUT2D eigenvalue weighted by Gasteiger charge is -2.04. The highest BCUT2D eigenvalue weighted by molar-refractivity contribution is 7.97. The maximum atomic E-state index is 13.4. The van der Waals surface area contributed by atoms with Gasteiger partial charge in [0.25, 0.3) is 0 Å². The maximum absolute atomic E-state index is 13.4. The Kier molecular flexibility index (Phi) is 3.60. The Morgan fingerprint density at radius 1 is 1.33 bits per heavy atom. The van der Waals surface area contributed by atoms with Crippen molar-refractivity contribution >= 4 is 11.8 Å². The van der Waals surface area contributed by atoms with Crippen LogP contribution >= 0.6 is 11.8 Å². The van der Waals surface area contributed by atoms with Gasteiger partial charge in [-0.05, 0) is 23.8 Å². The second-order valence-corrected chi connectivity index (χ2v) is 3.54. The normalized spacial score (nSPS) is 10.2. The van der Waals surface area contributed by atoms with Gasteiger partial charge in [0.2, 0.25) is 0 Å². The van der Waals surface area contributed by atoms with Crippen LogP contribution in [0.15, 0.2) is 18.2 Å². The minimum atomic E-state index is -0.0191. The van der Waals surface area contributed by atoms with Crippen molar-refractivity contribution in [1.82, 2.24) is 0 Å². The number of benzene rings is 1. The molecule has 0 fully saturated rings. The van der Waals surface area contributed by atoms with Crippen LogP contribution in [0.2, 0.25) is 0 Å². The third-order valence-electron chi connectivity index (χ3n) is 1.84. The third kappa shape index (κ3) is 2.01. The Morgan fingerprint density at radius 2 is 2.00 bits per heavy atom. The largest absolute Gasteiger partial charge is 0.206 e. The summed E-state index contributed by atoms with van der Waals surface area (Å²) in [5, 5.41) is 0. The van der Waals surface area contributed by atoms with Crippen LogP contribution in [0.25, 0.3) is 0 Å². The average molecular weight is 184 g/mol. The molecule has 0 aromatic heterocycles. The number of hydrogen-bond acceptors (Lipinski definition) is 1. The van der Waals surface area contributed by atoms with Crippen molar-refractivity contribution in [2.24, 2.45) is 0 Å². The zero-order chi connectivity index (χ0) is 8.97. The van der Waals surface area contributed by atoms with Gasteiger partial charge in [-0.15, -0.1) is 0 Å². The van der Waals surface area contributed by atoms with Gasteiger partial charge in [0.05, 0.1) is 0 Å². The van der Waals surface area contributed by atoms with E-state index in [9.17, 15) is 4.39 Å². The van der Waals surface area contributed by atoms with E-state index in [1.807, 2.05) is 31.4 Å². The number of rotatable bonds is 3. The number of hydrogen-bond donors (Lipinski definition) is 0. The minimum Gasteiger partial charge on any atom is -0.206 e. The Balaban J connectivity index is 2.97. The topological polar surface area (TPSA) is 0 Å². The number of aryl methyl sites for hydroxylation is 1. The Bertz CT molecular complexity index is 258. The van der Waals surface area contributed by atoms with E-state index >= 15 is 0 Å². The van der Waals surface area contributed by atoms with E-state index in [-0.39, 0.29) is 5.82 Å². The van der Waals surface area contributed by atoms with Gasteiger partial charge < -0.3 is 0 Å². The molecule has 0 atom stereocenters. The van der Waals surface area contributed by atoms with Crippen molar-refractivity contribution in [3.05, 3.63) is 35.1 Å². The molecule has 66 valence electrons. The van der Waals surface area contributed by atoms with Crippen LogP contribution in [0.3, 0.4) is 0 Å². The van der Waals surface area contributed by atoms with Gasteiger partial charge in [-0.2, -0.15) is 11.8 Å². The fourth-order valence-corrected chi connectivity index (χ4v) is 1.71. The van der Waals surface area contributed by atoms with E-state index in [4.69, 9.17) is 0 Å². The first-order valence-electron chi connectivity index (χ1n) is 4.04. The zero-order valence-electron chi connectivity index (χ0n) is 7.43. The maximum Gasteiger partial charge on any atom is 0.130 e. The summed E-state index contributed by atoms with van der Waals surface area (Å²) in [5.41, 5.74) is 1.64. The Hall–Kier alpha value is -0.500. The predicted octanol–water partition coefficient (Wildman–Crippen LogP) is 3.25. The van der Waals surface area contributed by atoms with Crippen molar-refractivity contribution in [1.29, 1.82) is 0 Å². The van der Waals surface area contributed by atoms with Gasteiger partial charge in [0.15, 0.2) is 0 Å². The van der Waals surface area contributed by atoms with Crippen LogP contribution in [0, 0.1) is 5.82 Å². The highest BCUT2D eigenvalue weighted by Crippen LogP contribution is 2.17. The van der Waals surface area contributed by atoms with Gasteiger partial charge in [0, 0.05) is 5.75 Å². The molecule has 0 N–H and O–H groups in total. The summed E-state index contributed by atoms with van der Waals surface area (Å²) in [6, 6.07) is 5.62. The van der Waals surface area contributed by atoms with E-state index in [2.05, 4.69) is 0 Å². The van der Waals surface area contributed by atoms with Crippen molar-refractivity contribution in [3.63, 3.8) is 0 Å². The van der Waals surface area contributed by atoms with Gasteiger partial charge in [0.1, 0.15) is 5.82 Å². The molecule has 1 rings (SSSR count). The van der Waals surface area contributed by atoms with E-state index in [0.29, 0.717) is 0 Å². The van der Waals surface area contributed by atoms with Gasteiger partial charge >= 0.3 is 0 Å². The molecule has 0 aliphatic carbocycles. The van der Waals surface area contributed by atoms with Gasteiger partial charge in [-0.3, -0.25) is 0 Å². The molecule has 0 spiro atoms. The average Bonchev–Trinajstić information content (AvgIpc) is 2.09. The SMILES string of the molecule is CCc1cccc(CSC)c1F. The van der Waals surface area contributed by atoms with Crippen molar-refractivity contribution in [2.45, 2.75) is 19.1 Å². The van der Waals surface area contributed by atoms with Crippen LogP contribution in [-0.2, 0) is 12.2 Å². The lowest BCUT2D eigenvalue weighted by molar-refractivity contribution is 0.602. The lowest BCUT2D eigenvalue weighted by atomic mass is 10.1. The molecular weight excluding hydrogens is 171 g/mol. The predicted molar refractivity (Wildman–Crippen MR) is 53.0 cm³/mol. The molecule has 12 heavy (non-hydrogen) atoms. The lowest BCUT2D eigenvalue weighted by Crippen LogP contribution is -1.93. The molecule has 0 radical (unpaired) electrons. The van der Waals surface area contributed by atoms with E-state index < -0.39 is 0 Å². The van der Waals surface area contributed by atoms with E-state index in [0.717, 1.165) is 23.3 Å². The molecule has 0 heterocycles. The molecular formula is C10H13FS. The second-order valence-electron chi connectivity index (χ2n) is 2.68. The van der Waals surface area contributed by atoms with Crippen molar-refractivity contribution in [2.75, 3.05) is 6.26 Å². The summed E-state index contributed by atoms with van der Waals surface area (Å²) in [7, 11) is 0. The molecule has 1 aromatic carbocycles. The molecule has 0 saturated carbocycles. The molecule has 0 bridgehead atoms. The molecule has 0 aliphatic heterocycles. The monoisotopic (exact) mass is 184 g/mol. The summed E-state index contributed by atoms with van der Waals surface area (Å²) >= 11 is 1.65. The summed E-state index contributed by atoms with van der Waals surface area (Å²) in [6.45, 7) is 1.97. The molecule has 0 aliphatic rings. The highest BCUT2D eigenvalue weighted by atomic mass is 32.2. The zero-order valence-corrected chi connectivity index (χ0v) is 8.25. The smallest absolute Gasteiger partial charge is 0.130 e. The molecule has 0 saturated heterocycles. The first-order valence-corrected chi connectivity index (χ1v) is 5.44. The molecule has 2 heteroatoms. The van der Waals surface area contributed by atoms with Crippen LogP contribution in [0.4, 0.5) is 4.39 Å². The molecule has 0 amide bonds. The second kappa shape index (κ2) is 4.51. The summed E-state index contributed by atoms with van der Waals surface area (Å²) < 4.78 is 13.4. The molecule has 1 aromatic rings. The third-order valence-corrected chi connectivity index (χ3v) is 2.44. The molecule has 0 nitrogen and oxygen atoms in total. The summed E-state index contributed by atoms with van der Waals surface area (Å²) in [4.78, 5) is 0. The van der Waals surface area contributed by atoms with Crippen LogP contribution in [0.1, 0.15) is 18.1 Å². The highest BCUT2D eigenvalue weighted by Gasteiger charge is 2.04. The number of thioether (sulfide) groups is 1. The minimum absolute atomic E-state index is 0.0191. The standard InChI is InChI=1S/C10H13FS/c1-3-8-5-4-6-9(7-12-2)10(8)11/h4-6H,3,7H2,1-2H3. The summed E-state index contributed by atoms with van der Waals surface area (Å²) in [6.07, 6.45) is 2.76. The van der Waals surface area contributed by atoms with Crippen molar-refractivity contribution < 1.29 is 4.39 Å². The number of halogens is 1. The van der Waals surface area contributed by atoms with Crippen molar-refractivity contribution in [3.8, 4) is 0 Å². The fraction of sp³-hybridized carbons (Fsp3) is 0.400. The van der Waals surface area contributed by atoms with E-state index in [1.165, 1.54) is 0 Å². The van der Waals surface area contributed by atoms with E-state index in [1.54, 1.807) is 11.8 Å². The van der Waals surface area contributed by atoms with Crippen LogP contribution < -0.4 is 0 Å². The Morgan fingerprint density at radius 3 is 2.58 bits per heavy atom. The van der Waals surface area contributed by atoms with Gasteiger partial charge in [-0.1, -0.05) is 25.1 Å². The fourth-order valence-electron chi connectivity index (χ4n) is 1.17. The first-order chi connectivity index (χ1) is 5.79. The van der Waals surface area contributed by atoms with Crippen LogP contribution in [-0.4, -0.2) is 6.26 Å². The van der Waals surface area contributed by atoms with Crippen LogP contribution in [0.5, 0.6) is 0 Å². The Labute approximate surface area is 77.2 Å². The molecule has 0 unspecified atom stereocenters. The first kappa shape index (κ1) is 9.59.